The summed E-state index contributed by atoms with van der Waals surface area (Å²) < 4.78 is 5.56. The van der Waals surface area contributed by atoms with Crippen molar-refractivity contribution >= 4 is 46.3 Å². The highest BCUT2D eigenvalue weighted by Gasteiger charge is 2.48. The van der Waals surface area contributed by atoms with Crippen LogP contribution in [0, 0.1) is 13.8 Å². The van der Waals surface area contributed by atoms with Gasteiger partial charge in [-0.05, 0) is 61.4 Å². The van der Waals surface area contributed by atoms with Gasteiger partial charge in [0.1, 0.15) is 17.6 Å². The van der Waals surface area contributed by atoms with Crippen LogP contribution in [0.1, 0.15) is 28.5 Å². The topological polar surface area (TPSA) is 70.8 Å². The van der Waals surface area contributed by atoms with Crippen LogP contribution in [0.3, 0.4) is 0 Å². The zero-order chi connectivity index (χ0) is 21.6. The Balaban J connectivity index is 1.96. The van der Waals surface area contributed by atoms with E-state index in [0.29, 0.717) is 16.5 Å². The van der Waals surface area contributed by atoms with Crippen LogP contribution in [-0.4, -0.2) is 16.8 Å². The quantitative estimate of drug-likeness (QED) is 0.315. The van der Waals surface area contributed by atoms with Gasteiger partial charge in [0, 0.05) is 11.3 Å². The molecule has 1 aliphatic heterocycles. The van der Waals surface area contributed by atoms with Crippen LogP contribution in [-0.2, 0) is 9.59 Å². The van der Waals surface area contributed by atoms with Crippen molar-refractivity contribution in [3.63, 3.8) is 0 Å². The number of halogens is 2. The Labute approximate surface area is 183 Å². The Morgan fingerprint density at radius 1 is 1.03 bits per heavy atom. The van der Waals surface area contributed by atoms with Gasteiger partial charge in [-0.3, -0.25) is 14.5 Å². The molecule has 0 bridgehead atoms. The van der Waals surface area contributed by atoms with Crippen LogP contribution in [0.15, 0.2) is 64.8 Å². The standard InChI is InChI=1S/C23H17Cl2NO4/c1-12-5-3-6-17(13(12)2)26-20(18-7-4-10-30-18)19(22(28)23(26)29)21(27)14-8-9-15(24)16(25)11-14/h3-11,20,27H,1-2H3/b21-19-. The molecule has 0 aliphatic carbocycles. The van der Waals surface area contributed by atoms with Crippen molar-refractivity contribution in [3.05, 3.63) is 92.9 Å². The molecular formula is C23H17Cl2NO4. The third kappa shape index (κ3) is 3.20. The van der Waals surface area contributed by atoms with E-state index < -0.39 is 17.7 Å². The minimum atomic E-state index is -0.921. The summed E-state index contributed by atoms with van der Waals surface area (Å²) in [5.41, 5.74) is 2.60. The summed E-state index contributed by atoms with van der Waals surface area (Å²) in [6, 6.07) is 12.4. The minimum Gasteiger partial charge on any atom is -0.507 e. The maximum atomic E-state index is 13.1. The predicted octanol–water partition coefficient (Wildman–Crippen LogP) is 5.83. The fraction of sp³-hybridized carbons (Fsp3) is 0.130. The lowest BCUT2D eigenvalue weighted by molar-refractivity contribution is -0.132. The molecule has 1 amide bonds. The summed E-state index contributed by atoms with van der Waals surface area (Å²) in [5.74, 6) is -1.54. The highest BCUT2D eigenvalue weighted by molar-refractivity contribution is 6.52. The van der Waals surface area contributed by atoms with Gasteiger partial charge in [-0.15, -0.1) is 0 Å². The van der Waals surface area contributed by atoms with E-state index in [9.17, 15) is 14.7 Å². The highest BCUT2D eigenvalue weighted by Crippen LogP contribution is 2.43. The number of rotatable bonds is 3. The SMILES string of the molecule is Cc1cccc(N2C(=O)C(=O)/C(=C(\O)c3ccc(Cl)c(Cl)c3)C2c2ccco2)c1C. The molecule has 1 atom stereocenters. The maximum absolute atomic E-state index is 13.1. The number of anilines is 1. The van der Waals surface area contributed by atoms with Crippen molar-refractivity contribution in [2.24, 2.45) is 0 Å². The number of hydrogen-bond acceptors (Lipinski definition) is 4. The van der Waals surface area contributed by atoms with Gasteiger partial charge in [-0.1, -0.05) is 35.3 Å². The molecule has 7 heteroatoms. The zero-order valence-corrected chi connectivity index (χ0v) is 17.7. The molecule has 1 saturated heterocycles. The number of amides is 1. The Morgan fingerprint density at radius 3 is 2.47 bits per heavy atom. The Hall–Kier alpha value is -3.02. The van der Waals surface area contributed by atoms with E-state index in [1.165, 1.54) is 29.4 Å². The van der Waals surface area contributed by atoms with E-state index in [4.69, 9.17) is 27.6 Å². The van der Waals surface area contributed by atoms with Gasteiger partial charge in [0.2, 0.25) is 0 Å². The molecule has 2 heterocycles. The maximum Gasteiger partial charge on any atom is 0.300 e. The van der Waals surface area contributed by atoms with Gasteiger partial charge in [-0.2, -0.15) is 0 Å². The fourth-order valence-corrected chi connectivity index (χ4v) is 3.89. The lowest BCUT2D eigenvalue weighted by atomic mass is 9.98. The summed E-state index contributed by atoms with van der Waals surface area (Å²) in [4.78, 5) is 27.5. The van der Waals surface area contributed by atoms with E-state index in [1.807, 2.05) is 26.0 Å². The summed E-state index contributed by atoms with van der Waals surface area (Å²) >= 11 is 12.1. The number of nitrogens with zero attached hydrogens (tertiary/aromatic N) is 1. The molecule has 1 N–H and O–H groups in total. The first-order valence-electron chi connectivity index (χ1n) is 9.17. The average molecular weight is 442 g/mol. The largest absolute Gasteiger partial charge is 0.507 e. The van der Waals surface area contributed by atoms with Gasteiger partial charge in [-0.25, -0.2) is 0 Å². The second kappa shape index (κ2) is 7.67. The van der Waals surface area contributed by atoms with E-state index >= 15 is 0 Å². The molecular weight excluding hydrogens is 425 g/mol. The molecule has 0 spiro atoms. The fourth-order valence-electron chi connectivity index (χ4n) is 3.59. The van der Waals surface area contributed by atoms with E-state index in [1.54, 1.807) is 18.2 Å². The number of carbonyl (C=O) groups excluding carboxylic acids is 2. The van der Waals surface area contributed by atoms with Crippen LogP contribution < -0.4 is 4.90 Å². The number of carbonyl (C=O) groups is 2. The third-order valence-electron chi connectivity index (χ3n) is 5.29. The van der Waals surface area contributed by atoms with Gasteiger partial charge in [0.25, 0.3) is 11.7 Å². The Kier molecular flexibility index (Phi) is 5.18. The monoisotopic (exact) mass is 441 g/mol. The lowest BCUT2D eigenvalue weighted by Gasteiger charge is -2.25. The number of furan rings is 1. The molecule has 0 radical (unpaired) electrons. The van der Waals surface area contributed by atoms with Gasteiger partial charge < -0.3 is 9.52 Å². The molecule has 2 aromatic carbocycles. The lowest BCUT2D eigenvalue weighted by Crippen LogP contribution is -2.30. The number of aliphatic hydroxyl groups excluding tert-OH is 1. The van der Waals surface area contributed by atoms with Crippen LogP contribution in [0.4, 0.5) is 5.69 Å². The molecule has 1 aliphatic rings. The van der Waals surface area contributed by atoms with Crippen molar-refractivity contribution < 1.29 is 19.1 Å². The molecule has 3 aromatic rings. The molecule has 4 rings (SSSR count). The first kappa shape index (κ1) is 20.3. The first-order valence-corrected chi connectivity index (χ1v) is 9.93. The molecule has 1 aromatic heterocycles. The van der Waals surface area contributed by atoms with Crippen molar-refractivity contribution in [2.45, 2.75) is 19.9 Å². The van der Waals surface area contributed by atoms with Gasteiger partial charge in [0.05, 0.1) is 21.9 Å². The van der Waals surface area contributed by atoms with Gasteiger partial charge in [0.15, 0.2) is 0 Å². The number of hydrogen-bond donors (Lipinski definition) is 1. The van der Waals surface area contributed by atoms with Crippen molar-refractivity contribution in [1.82, 2.24) is 0 Å². The van der Waals surface area contributed by atoms with Crippen LogP contribution in [0.25, 0.3) is 5.76 Å². The van der Waals surface area contributed by atoms with E-state index in [-0.39, 0.29) is 21.9 Å². The van der Waals surface area contributed by atoms with Crippen molar-refractivity contribution in [1.29, 1.82) is 0 Å². The summed E-state index contributed by atoms with van der Waals surface area (Å²) in [6.07, 6.45) is 1.46. The third-order valence-corrected chi connectivity index (χ3v) is 6.02. The number of benzene rings is 2. The van der Waals surface area contributed by atoms with Crippen molar-refractivity contribution in [3.8, 4) is 0 Å². The van der Waals surface area contributed by atoms with E-state index in [0.717, 1.165) is 11.1 Å². The number of ketones is 1. The second-order valence-corrected chi connectivity index (χ2v) is 7.85. The van der Waals surface area contributed by atoms with Crippen molar-refractivity contribution in [2.75, 3.05) is 4.90 Å². The molecule has 152 valence electrons. The normalized spacial score (nSPS) is 18.3. The molecule has 5 nitrogen and oxygen atoms in total. The zero-order valence-electron chi connectivity index (χ0n) is 16.1. The smallest absolute Gasteiger partial charge is 0.300 e. The molecule has 0 saturated carbocycles. The summed E-state index contributed by atoms with van der Waals surface area (Å²) in [7, 11) is 0. The van der Waals surface area contributed by atoms with E-state index in [2.05, 4.69) is 0 Å². The number of aliphatic hydroxyl groups is 1. The average Bonchev–Trinajstić information content (AvgIpc) is 3.33. The second-order valence-electron chi connectivity index (χ2n) is 7.03. The molecule has 1 unspecified atom stereocenters. The predicted molar refractivity (Wildman–Crippen MR) is 116 cm³/mol. The van der Waals surface area contributed by atoms with Gasteiger partial charge >= 0.3 is 0 Å². The summed E-state index contributed by atoms with van der Waals surface area (Å²) in [5, 5.41) is 11.6. The summed E-state index contributed by atoms with van der Waals surface area (Å²) in [6.45, 7) is 3.80. The van der Waals surface area contributed by atoms with Crippen LogP contribution in [0.2, 0.25) is 10.0 Å². The molecule has 1 fully saturated rings. The number of Topliss-reactive ketones (excluding diaryl/α,β-unsaturated/α-hetero) is 1. The minimum absolute atomic E-state index is 0.0748. The number of aryl methyl sites for hydroxylation is 1. The Bertz CT molecular complexity index is 1200. The first-order chi connectivity index (χ1) is 14.3. The Morgan fingerprint density at radius 2 is 1.80 bits per heavy atom. The highest BCUT2D eigenvalue weighted by atomic mass is 35.5. The van der Waals surface area contributed by atoms with Crippen LogP contribution in [0.5, 0.6) is 0 Å². The van der Waals surface area contributed by atoms with Crippen LogP contribution >= 0.6 is 23.2 Å². The molecule has 30 heavy (non-hydrogen) atoms.